The zero-order valence-electron chi connectivity index (χ0n) is 9.02. The maximum absolute atomic E-state index is 12.9. The molecule has 0 bridgehead atoms. The third kappa shape index (κ3) is 4.20. The second kappa shape index (κ2) is 6.41. The van der Waals surface area contributed by atoms with Crippen LogP contribution < -0.4 is 10.6 Å². The minimum absolute atomic E-state index is 0.0383. The van der Waals surface area contributed by atoms with E-state index in [2.05, 4.69) is 10.6 Å². The predicted molar refractivity (Wildman–Crippen MR) is 62.4 cm³/mol. The number of ether oxygens (including phenoxy) is 1. The normalized spacial score (nSPS) is 10.1. The Hall–Kier alpha value is -1.34. The minimum Gasteiger partial charge on any atom is -0.383 e. The maximum atomic E-state index is 12.9. The smallest absolute Gasteiger partial charge is 0.194 e. The highest BCUT2D eigenvalue weighted by molar-refractivity contribution is 7.80. The second-order valence-electron chi connectivity index (χ2n) is 3.13. The van der Waals surface area contributed by atoms with Crippen LogP contribution in [0.2, 0.25) is 0 Å². The maximum Gasteiger partial charge on any atom is 0.194 e. The molecule has 1 rings (SSSR count). The van der Waals surface area contributed by atoms with Crippen molar-refractivity contribution in [2.24, 2.45) is 0 Å². The lowest BCUT2D eigenvalue weighted by molar-refractivity contribution is 0.204. The highest BCUT2D eigenvalue weighted by Gasteiger charge is 2.10. The fourth-order valence-electron chi connectivity index (χ4n) is 1.07. The first-order valence-electron chi connectivity index (χ1n) is 4.73. The van der Waals surface area contributed by atoms with Gasteiger partial charge in [-0.2, -0.15) is 0 Å². The van der Waals surface area contributed by atoms with Crippen LogP contribution in [0.1, 0.15) is 0 Å². The van der Waals surface area contributed by atoms with Gasteiger partial charge in [-0.05, 0) is 12.2 Å². The number of hydrogen-bond donors (Lipinski definition) is 2. The average molecular weight is 264 g/mol. The summed E-state index contributed by atoms with van der Waals surface area (Å²) >= 11 is 4.85. The Morgan fingerprint density at radius 3 is 2.41 bits per heavy atom. The fourth-order valence-corrected chi connectivity index (χ4v) is 1.29. The van der Waals surface area contributed by atoms with Gasteiger partial charge in [0.25, 0.3) is 0 Å². The first-order chi connectivity index (χ1) is 8.04. The van der Waals surface area contributed by atoms with E-state index in [4.69, 9.17) is 17.0 Å². The van der Waals surface area contributed by atoms with Gasteiger partial charge in [0.15, 0.2) is 22.6 Å². The summed E-state index contributed by atoms with van der Waals surface area (Å²) in [5.74, 6) is -4.05. The molecule has 0 saturated carbocycles. The van der Waals surface area contributed by atoms with Crippen LogP contribution in [-0.2, 0) is 4.74 Å². The average Bonchev–Trinajstić information content (AvgIpc) is 2.26. The van der Waals surface area contributed by atoms with Gasteiger partial charge in [-0.1, -0.05) is 0 Å². The lowest BCUT2D eigenvalue weighted by Crippen LogP contribution is -2.31. The van der Waals surface area contributed by atoms with Crippen LogP contribution in [0.4, 0.5) is 18.9 Å². The van der Waals surface area contributed by atoms with E-state index in [1.165, 1.54) is 7.11 Å². The van der Waals surface area contributed by atoms with Crippen molar-refractivity contribution < 1.29 is 17.9 Å². The standard InChI is InChI=1S/C10H11F3N2OS/c1-16-3-2-14-10(17)15-6-4-7(11)9(13)8(12)5-6/h4-5H,2-3H2,1H3,(H2,14,15,17). The molecule has 0 fully saturated rings. The Bertz CT molecular complexity index is 392. The molecule has 94 valence electrons. The molecule has 2 N–H and O–H groups in total. The third-order valence-corrected chi connectivity index (χ3v) is 2.08. The monoisotopic (exact) mass is 264 g/mol. The largest absolute Gasteiger partial charge is 0.383 e. The van der Waals surface area contributed by atoms with E-state index in [0.29, 0.717) is 13.2 Å². The molecule has 0 amide bonds. The topological polar surface area (TPSA) is 33.3 Å². The van der Waals surface area contributed by atoms with Crippen molar-refractivity contribution in [3.05, 3.63) is 29.6 Å². The molecule has 0 unspecified atom stereocenters. The third-order valence-electron chi connectivity index (χ3n) is 1.83. The number of rotatable bonds is 4. The molecule has 0 saturated heterocycles. The molecular weight excluding hydrogens is 253 g/mol. The molecule has 0 radical (unpaired) electrons. The van der Waals surface area contributed by atoms with Crippen LogP contribution in [0.25, 0.3) is 0 Å². The molecular formula is C10H11F3N2OS. The van der Waals surface area contributed by atoms with Crippen molar-refractivity contribution in [3.8, 4) is 0 Å². The molecule has 3 nitrogen and oxygen atoms in total. The summed E-state index contributed by atoms with van der Waals surface area (Å²) in [4.78, 5) is 0. The number of hydrogen-bond acceptors (Lipinski definition) is 2. The summed E-state index contributed by atoms with van der Waals surface area (Å²) in [7, 11) is 1.53. The first kappa shape index (κ1) is 13.7. The summed E-state index contributed by atoms with van der Waals surface area (Å²) in [6, 6.07) is 1.64. The van der Waals surface area contributed by atoms with Crippen LogP contribution in [0.15, 0.2) is 12.1 Å². The Morgan fingerprint density at radius 2 is 1.88 bits per heavy atom. The van der Waals surface area contributed by atoms with Crippen molar-refractivity contribution in [1.29, 1.82) is 0 Å². The van der Waals surface area contributed by atoms with E-state index in [-0.39, 0.29) is 10.8 Å². The van der Waals surface area contributed by atoms with Gasteiger partial charge in [0, 0.05) is 31.5 Å². The van der Waals surface area contributed by atoms with Crippen LogP contribution in [0.3, 0.4) is 0 Å². The highest BCUT2D eigenvalue weighted by Crippen LogP contribution is 2.17. The Labute approximate surface area is 102 Å². The van der Waals surface area contributed by atoms with Crippen molar-refractivity contribution in [2.75, 3.05) is 25.6 Å². The molecule has 0 heterocycles. The van der Waals surface area contributed by atoms with Crippen LogP contribution in [0.5, 0.6) is 0 Å². The van der Waals surface area contributed by atoms with Crippen molar-refractivity contribution in [3.63, 3.8) is 0 Å². The van der Waals surface area contributed by atoms with Gasteiger partial charge in [0.05, 0.1) is 6.61 Å². The summed E-state index contributed by atoms with van der Waals surface area (Å²) in [6.07, 6.45) is 0. The number of thiocarbonyl (C=S) groups is 1. The predicted octanol–water partition coefficient (Wildman–Crippen LogP) is 2.04. The Kier molecular flexibility index (Phi) is 5.17. The van der Waals surface area contributed by atoms with Gasteiger partial charge < -0.3 is 15.4 Å². The zero-order valence-corrected chi connectivity index (χ0v) is 9.84. The molecule has 0 aliphatic rings. The summed E-state index contributed by atoms with van der Waals surface area (Å²) in [5, 5.41) is 5.44. The van der Waals surface area contributed by atoms with Gasteiger partial charge in [-0.15, -0.1) is 0 Å². The number of benzene rings is 1. The SMILES string of the molecule is COCCNC(=S)Nc1cc(F)c(F)c(F)c1. The van der Waals surface area contributed by atoms with E-state index < -0.39 is 17.5 Å². The van der Waals surface area contributed by atoms with E-state index in [9.17, 15) is 13.2 Å². The number of halogens is 3. The van der Waals surface area contributed by atoms with Crippen LogP contribution in [-0.4, -0.2) is 25.4 Å². The summed E-state index contributed by atoms with van der Waals surface area (Å²) in [5.41, 5.74) is 0.0383. The highest BCUT2D eigenvalue weighted by atomic mass is 32.1. The van der Waals surface area contributed by atoms with Crippen molar-refractivity contribution in [1.82, 2.24) is 5.32 Å². The molecule has 0 aromatic heterocycles. The van der Waals surface area contributed by atoms with Crippen LogP contribution >= 0.6 is 12.2 Å². The van der Waals surface area contributed by atoms with Gasteiger partial charge in [-0.3, -0.25) is 0 Å². The molecule has 0 spiro atoms. The van der Waals surface area contributed by atoms with E-state index >= 15 is 0 Å². The lowest BCUT2D eigenvalue weighted by atomic mass is 10.3. The molecule has 17 heavy (non-hydrogen) atoms. The van der Waals surface area contributed by atoms with Gasteiger partial charge >= 0.3 is 0 Å². The Balaban J connectivity index is 2.60. The van der Waals surface area contributed by atoms with Gasteiger partial charge in [-0.25, -0.2) is 13.2 Å². The van der Waals surface area contributed by atoms with Gasteiger partial charge in [0.2, 0.25) is 0 Å². The van der Waals surface area contributed by atoms with Crippen molar-refractivity contribution >= 4 is 23.0 Å². The fraction of sp³-hybridized carbons (Fsp3) is 0.300. The quantitative estimate of drug-likeness (QED) is 0.495. The first-order valence-corrected chi connectivity index (χ1v) is 5.13. The molecule has 0 aliphatic carbocycles. The van der Waals surface area contributed by atoms with E-state index in [1.807, 2.05) is 0 Å². The summed E-state index contributed by atoms with van der Waals surface area (Å²) in [6.45, 7) is 0.891. The lowest BCUT2D eigenvalue weighted by Gasteiger charge is -2.10. The number of anilines is 1. The van der Waals surface area contributed by atoms with Gasteiger partial charge in [0.1, 0.15) is 0 Å². The molecule has 1 aromatic rings. The van der Waals surface area contributed by atoms with E-state index in [1.54, 1.807) is 0 Å². The van der Waals surface area contributed by atoms with Crippen LogP contribution in [0, 0.1) is 17.5 Å². The number of methoxy groups -OCH3 is 1. The second-order valence-corrected chi connectivity index (χ2v) is 3.54. The molecule has 0 aliphatic heterocycles. The minimum atomic E-state index is -1.51. The summed E-state index contributed by atoms with van der Waals surface area (Å²) < 4.78 is 43.1. The van der Waals surface area contributed by atoms with Crippen molar-refractivity contribution in [2.45, 2.75) is 0 Å². The molecule has 1 aromatic carbocycles. The van der Waals surface area contributed by atoms with E-state index in [0.717, 1.165) is 12.1 Å². The molecule has 7 heteroatoms. The number of nitrogens with one attached hydrogen (secondary N) is 2. The Morgan fingerprint density at radius 1 is 1.29 bits per heavy atom. The molecule has 0 atom stereocenters. The zero-order chi connectivity index (χ0) is 12.8.